The second-order valence-corrected chi connectivity index (χ2v) is 6.13. The van der Waals surface area contributed by atoms with Gasteiger partial charge in [0, 0.05) is 34.9 Å². The average molecular weight is 368 g/mol. The Kier molecular flexibility index (Phi) is 5.16. The van der Waals surface area contributed by atoms with Crippen LogP contribution in [0, 0.1) is 19.7 Å². The maximum atomic E-state index is 13.9. The largest absolute Gasteiger partial charge is 0.497 e. The molecule has 1 N–H and O–H groups in total. The van der Waals surface area contributed by atoms with E-state index in [0.29, 0.717) is 11.3 Å². The number of aryl methyl sites for hydroxylation is 1. The minimum atomic E-state index is -0.530. The molecule has 27 heavy (non-hydrogen) atoms. The van der Waals surface area contributed by atoms with Gasteiger partial charge >= 0.3 is 0 Å². The summed E-state index contributed by atoms with van der Waals surface area (Å²) in [6.45, 7) is 3.80. The monoisotopic (exact) mass is 368 g/mol. The Hall–Kier alpha value is -3.28. The Labute approximate surface area is 157 Å². The van der Waals surface area contributed by atoms with Crippen molar-refractivity contribution in [3.05, 3.63) is 71.3 Å². The number of hydrogen-bond donors (Lipinski definition) is 1. The average Bonchev–Trinajstić information content (AvgIpc) is 2.96. The molecule has 3 rings (SSSR count). The van der Waals surface area contributed by atoms with Gasteiger partial charge in [-0.25, -0.2) is 4.39 Å². The van der Waals surface area contributed by atoms with Crippen LogP contribution in [0.5, 0.6) is 11.5 Å². The summed E-state index contributed by atoms with van der Waals surface area (Å²) in [6, 6.07) is 13.7. The van der Waals surface area contributed by atoms with E-state index in [2.05, 4.69) is 5.32 Å². The zero-order valence-electron chi connectivity index (χ0n) is 15.7. The van der Waals surface area contributed by atoms with Crippen LogP contribution in [0.15, 0.2) is 48.5 Å². The molecular weight excluding hydrogens is 347 g/mol. The highest BCUT2D eigenvalue weighted by Gasteiger charge is 2.17. The van der Waals surface area contributed by atoms with Gasteiger partial charge in [-0.05, 0) is 44.2 Å². The molecule has 0 spiro atoms. The highest BCUT2D eigenvalue weighted by atomic mass is 19.1. The Morgan fingerprint density at radius 2 is 1.81 bits per heavy atom. The molecule has 0 unspecified atom stereocenters. The number of carbonyl (C=O) groups is 1. The number of anilines is 1. The van der Waals surface area contributed by atoms with Crippen LogP contribution >= 0.6 is 0 Å². The summed E-state index contributed by atoms with van der Waals surface area (Å²) in [7, 11) is 3.01. The van der Waals surface area contributed by atoms with Crippen molar-refractivity contribution in [1.29, 1.82) is 0 Å². The zero-order chi connectivity index (χ0) is 19.6. The molecule has 2 aromatic carbocycles. The molecule has 140 valence electrons. The predicted octanol–water partition coefficient (Wildman–Crippen LogP) is 4.50. The van der Waals surface area contributed by atoms with E-state index in [1.54, 1.807) is 13.2 Å². The van der Waals surface area contributed by atoms with Gasteiger partial charge in [0.2, 0.25) is 0 Å². The van der Waals surface area contributed by atoms with Gasteiger partial charge in [0.05, 0.1) is 19.8 Å². The highest BCUT2D eigenvalue weighted by molar-refractivity contribution is 6.05. The maximum absolute atomic E-state index is 13.9. The lowest BCUT2D eigenvalue weighted by molar-refractivity contribution is 0.102. The van der Waals surface area contributed by atoms with Gasteiger partial charge in [-0.3, -0.25) is 4.79 Å². The molecule has 5 nitrogen and oxygen atoms in total. The molecule has 1 amide bonds. The minimum absolute atomic E-state index is 0.129. The van der Waals surface area contributed by atoms with Gasteiger partial charge in [0.25, 0.3) is 5.91 Å². The fourth-order valence-corrected chi connectivity index (χ4v) is 3.08. The Bertz CT molecular complexity index is 995. The molecule has 0 saturated carbocycles. The Balaban J connectivity index is 1.91. The minimum Gasteiger partial charge on any atom is -0.497 e. The summed E-state index contributed by atoms with van der Waals surface area (Å²) in [6.07, 6.45) is 0. The molecule has 6 heteroatoms. The zero-order valence-corrected chi connectivity index (χ0v) is 15.7. The normalized spacial score (nSPS) is 10.6. The molecule has 3 aromatic rings. The topological polar surface area (TPSA) is 52.5 Å². The van der Waals surface area contributed by atoms with Crippen LogP contribution in [0.25, 0.3) is 5.69 Å². The number of benzene rings is 2. The van der Waals surface area contributed by atoms with Crippen molar-refractivity contribution in [3.8, 4) is 17.2 Å². The van der Waals surface area contributed by atoms with Crippen LogP contribution in [0.3, 0.4) is 0 Å². The Morgan fingerprint density at radius 1 is 1.04 bits per heavy atom. The molecule has 0 radical (unpaired) electrons. The SMILES string of the molecule is COc1cccc(-n2c(C)cc(C(=O)Nc3ccc(OC)c(F)c3)c2C)c1. The first-order valence-corrected chi connectivity index (χ1v) is 8.43. The van der Waals surface area contributed by atoms with Crippen molar-refractivity contribution in [2.75, 3.05) is 19.5 Å². The standard InChI is InChI=1S/C21H21FN2O3/c1-13-10-18(14(2)24(13)16-6-5-7-17(12-16)26-3)21(25)23-15-8-9-20(27-4)19(22)11-15/h5-12H,1-4H3,(H,23,25). The van der Waals surface area contributed by atoms with E-state index in [1.807, 2.05) is 48.7 Å². The Morgan fingerprint density at radius 3 is 2.48 bits per heavy atom. The fraction of sp³-hybridized carbons (Fsp3) is 0.190. The van der Waals surface area contributed by atoms with E-state index in [1.165, 1.54) is 19.2 Å². The van der Waals surface area contributed by atoms with Gasteiger partial charge in [0.1, 0.15) is 5.75 Å². The fourth-order valence-electron chi connectivity index (χ4n) is 3.08. The lowest BCUT2D eigenvalue weighted by Gasteiger charge is -2.11. The number of ether oxygens (including phenoxy) is 2. The summed E-state index contributed by atoms with van der Waals surface area (Å²) >= 11 is 0. The smallest absolute Gasteiger partial charge is 0.257 e. The first-order valence-electron chi connectivity index (χ1n) is 8.43. The number of hydrogen-bond acceptors (Lipinski definition) is 3. The third-order valence-corrected chi connectivity index (χ3v) is 4.40. The number of halogens is 1. The van der Waals surface area contributed by atoms with Gasteiger partial charge in [-0.1, -0.05) is 6.07 Å². The van der Waals surface area contributed by atoms with Gasteiger partial charge < -0.3 is 19.4 Å². The third kappa shape index (κ3) is 3.65. The molecule has 1 aromatic heterocycles. The lowest BCUT2D eigenvalue weighted by Crippen LogP contribution is -2.13. The van der Waals surface area contributed by atoms with E-state index in [4.69, 9.17) is 9.47 Å². The number of rotatable bonds is 5. The summed E-state index contributed by atoms with van der Waals surface area (Å²) in [5.41, 5.74) is 3.48. The summed E-state index contributed by atoms with van der Waals surface area (Å²) in [4.78, 5) is 12.7. The molecule has 0 bridgehead atoms. The van der Waals surface area contributed by atoms with Crippen LogP contribution in [0.4, 0.5) is 10.1 Å². The van der Waals surface area contributed by atoms with E-state index in [9.17, 15) is 9.18 Å². The first-order chi connectivity index (χ1) is 12.9. The van der Waals surface area contributed by atoms with Crippen molar-refractivity contribution < 1.29 is 18.7 Å². The molecule has 0 aliphatic carbocycles. The van der Waals surface area contributed by atoms with Gasteiger partial charge in [0.15, 0.2) is 11.6 Å². The summed E-state index contributed by atoms with van der Waals surface area (Å²) in [5.74, 6) is 0.0304. The quantitative estimate of drug-likeness (QED) is 0.721. The van der Waals surface area contributed by atoms with E-state index in [0.717, 1.165) is 22.8 Å². The third-order valence-electron chi connectivity index (χ3n) is 4.40. The van der Waals surface area contributed by atoms with Crippen molar-refractivity contribution in [2.24, 2.45) is 0 Å². The number of methoxy groups -OCH3 is 2. The second kappa shape index (κ2) is 7.53. The number of nitrogens with zero attached hydrogens (tertiary/aromatic N) is 1. The van der Waals surface area contributed by atoms with Crippen LogP contribution in [0.1, 0.15) is 21.7 Å². The predicted molar refractivity (Wildman–Crippen MR) is 103 cm³/mol. The van der Waals surface area contributed by atoms with E-state index in [-0.39, 0.29) is 11.7 Å². The number of nitrogens with one attached hydrogen (secondary N) is 1. The van der Waals surface area contributed by atoms with Gasteiger partial charge in [-0.2, -0.15) is 0 Å². The molecule has 0 saturated heterocycles. The molecule has 1 heterocycles. The van der Waals surface area contributed by atoms with Crippen LogP contribution < -0.4 is 14.8 Å². The first kappa shape index (κ1) is 18.5. The second-order valence-electron chi connectivity index (χ2n) is 6.13. The molecule has 0 aliphatic rings. The molecular formula is C21H21FN2O3. The number of carbonyl (C=O) groups excluding carboxylic acids is 1. The molecule has 0 atom stereocenters. The molecule has 0 aliphatic heterocycles. The van der Waals surface area contributed by atoms with Crippen LogP contribution in [-0.2, 0) is 0 Å². The summed E-state index contributed by atoms with van der Waals surface area (Å²) in [5, 5.41) is 2.73. The van der Waals surface area contributed by atoms with Crippen molar-refractivity contribution >= 4 is 11.6 Å². The van der Waals surface area contributed by atoms with Crippen LogP contribution in [0.2, 0.25) is 0 Å². The lowest BCUT2D eigenvalue weighted by atomic mass is 10.2. The number of aromatic nitrogens is 1. The van der Waals surface area contributed by atoms with E-state index >= 15 is 0 Å². The highest BCUT2D eigenvalue weighted by Crippen LogP contribution is 2.25. The van der Waals surface area contributed by atoms with E-state index < -0.39 is 5.82 Å². The number of amides is 1. The molecule has 0 fully saturated rings. The van der Waals surface area contributed by atoms with Gasteiger partial charge in [-0.15, -0.1) is 0 Å². The van der Waals surface area contributed by atoms with Crippen molar-refractivity contribution in [1.82, 2.24) is 4.57 Å². The van der Waals surface area contributed by atoms with Crippen LogP contribution in [-0.4, -0.2) is 24.7 Å². The van der Waals surface area contributed by atoms with Crippen molar-refractivity contribution in [3.63, 3.8) is 0 Å². The van der Waals surface area contributed by atoms with Crippen molar-refractivity contribution in [2.45, 2.75) is 13.8 Å². The summed E-state index contributed by atoms with van der Waals surface area (Å²) < 4.78 is 26.0. The maximum Gasteiger partial charge on any atom is 0.257 e.